The third kappa shape index (κ3) is 6.39. The molecular weight excluding hydrogens is 224 g/mol. The molecule has 98 valence electrons. The molecule has 1 unspecified atom stereocenters. The van der Waals surface area contributed by atoms with E-state index in [4.69, 9.17) is 5.73 Å². The van der Waals surface area contributed by atoms with E-state index in [1.807, 2.05) is 6.92 Å². The van der Waals surface area contributed by atoms with Gasteiger partial charge < -0.3 is 21.3 Å². The number of carbonyl (C=O) groups excluding carboxylic acids is 3. The summed E-state index contributed by atoms with van der Waals surface area (Å²) in [6.07, 6.45) is 1.20. The molecule has 0 saturated heterocycles. The topological polar surface area (TPSA) is 105 Å². The first kappa shape index (κ1) is 15.2. The Morgan fingerprint density at radius 2 is 1.88 bits per heavy atom. The van der Waals surface area contributed by atoms with Gasteiger partial charge in [0.2, 0.25) is 11.8 Å². The van der Waals surface area contributed by atoms with Crippen molar-refractivity contribution in [1.29, 1.82) is 0 Å². The van der Waals surface area contributed by atoms with Crippen LogP contribution >= 0.6 is 0 Å². The number of carbonyl (C=O) groups is 3. The summed E-state index contributed by atoms with van der Waals surface area (Å²) in [5, 5.41) is 4.79. The Labute approximate surface area is 101 Å². The van der Waals surface area contributed by atoms with Crippen LogP contribution in [0.25, 0.3) is 0 Å². The molecule has 0 aliphatic carbocycles. The molecule has 0 aromatic carbocycles. The van der Waals surface area contributed by atoms with E-state index >= 15 is 0 Å². The number of nitrogens with one attached hydrogen (secondary N) is 2. The minimum absolute atomic E-state index is 0.0908. The molecule has 4 amide bonds. The molecule has 1 atom stereocenters. The fraction of sp³-hybridized carbons (Fsp3) is 0.700. The van der Waals surface area contributed by atoms with Crippen molar-refractivity contribution in [3.63, 3.8) is 0 Å². The molecule has 0 bridgehead atoms. The summed E-state index contributed by atoms with van der Waals surface area (Å²) in [6, 6.07) is -1.44. The average molecular weight is 244 g/mol. The molecule has 17 heavy (non-hydrogen) atoms. The molecule has 0 aliphatic heterocycles. The van der Waals surface area contributed by atoms with Crippen LogP contribution in [0.3, 0.4) is 0 Å². The van der Waals surface area contributed by atoms with E-state index < -0.39 is 18.0 Å². The summed E-state index contributed by atoms with van der Waals surface area (Å²) in [6.45, 7) is 1.79. The van der Waals surface area contributed by atoms with Crippen molar-refractivity contribution < 1.29 is 14.4 Å². The van der Waals surface area contributed by atoms with Gasteiger partial charge in [0.15, 0.2) is 0 Å². The van der Waals surface area contributed by atoms with Crippen LogP contribution in [-0.4, -0.2) is 49.4 Å². The minimum Gasteiger partial charge on any atom is -0.352 e. The van der Waals surface area contributed by atoms with Crippen LogP contribution in [-0.2, 0) is 9.59 Å². The molecule has 0 aliphatic rings. The Morgan fingerprint density at radius 3 is 2.29 bits per heavy atom. The predicted octanol–water partition coefficient (Wildman–Crippen LogP) is -0.972. The fourth-order valence-electron chi connectivity index (χ4n) is 1.17. The van der Waals surface area contributed by atoms with Gasteiger partial charge in [-0.25, -0.2) is 4.79 Å². The monoisotopic (exact) mass is 244 g/mol. The molecule has 7 nitrogen and oxygen atoms in total. The number of hydrogen-bond donors (Lipinski definition) is 3. The minimum atomic E-state index is -0.752. The van der Waals surface area contributed by atoms with E-state index in [1.165, 1.54) is 4.90 Å². The standard InChI is InChI=1S/C10H20N4O3/c1-4-5-7(13-10(11)17)9(16)12-6-8(15)14(2)3/h7H,4-6H2,1-3H3,(H,12,16)(H3,11,13,17). The van der Waals surface area contributed by atoms with Crippen LogP contribution in [0, 0.1) is 0 Å². The number of likely N-dealkylation sites (N-methyl/N-ethyl adjacent to an activating group) is 1. The van der Waals surface area contributed by atoms with Crippen molar-refractivity contribution in [2.75, 3.05) is 20.6 Å². The molecule has 0 radical (unpaired) electrons. The van der Waals surface area contributed by atoms with Gasteiger partial charge in [-0.05, 0) is 6.42 Å². The van der Waals surface area contributed by atoms with Gasteiger partial charge in [-0.2, -0.15) is 0 Å². The van der Waals surface area contributed by atoms with Crippen molar-refractivity contribution in [2.45, 2.75) is 25.8 Å². The van der Waals surface area contributed by atoms with Gasteiger partial charge in [-0.15, -0.1) is 0 Å². The van der Waals surface area contributed by atoms with Crippen LogP contribution in [0.1, 0.15) is 19.8 Å². The zero-order chi connectivity index (χ0) is 13.4. The summed E-state index contributed by atoms with van der Waals surface area (Å²) in [4.78, 5) is 35.0. The number of nitrogens with zero attached hydrogens (tertiary/aromatic N) is 1. The maximum Gasteiger partial charge on any atom is 0.312 e. The maximum atomic E-state index is 11.6. The fourth-order valence-corrected chi connectivity index (χ4v) is 1.17. The molecule has 0 fully saturated rings. The van der Waals surface area contributed by atoms with Gasteiger partial charge in [0, 0.05) is 14.1 Å². The highest BCUT2D eigenvalue weighted by Gasteiger charge is 2.19. The van der Waals surface area contributed by atoms with Crippen molar-refractivity contribution in [3.8, 4) is 0 Å². The summed E-state index contributed by atoms with van der Waals surface area (Å²) < 4.78 is 0. The molecule has 0 aromatic rings. The molecule has 0 saturated carbocycles. The smallest absolute Gasteiger partial charge is 0.312 e. The Hall–Kier alpha value is -1.79. The lowest BCUT2D eigenvalue weighted by atomic mass is 10.1. The SMILES string of the molecule is CCCC(NC(N)=O)C(=O)NCC(=O)N(C)C. The number of hydrogen-bond acceptors (Lipinski definition) is 3. The van der Waals surface area contributed by atoms with Crippen molar-refractivity contribution in [2.24, 2.45) is 5.73 Å². The van der Waals surface area contributed by atoms with Gasteiger partial charge in [-0.1, -0.05) is 13.3 Å². The number of primary amides is 1. The highest BCUT2D eigenvalue weighted by molar-refractivity contribution is 5.89. The highest BCUT2D eigenvalue weighted by atomic mass is 16.2. The summed E-state index contributed by atoms with van der Waals surface area (Å²) in [7, 11) is 3.19. The number of urea groups is 1. The first-order chi connectivity index (χ1) is 7.88. The summed E-state index contributed by atoms with van der Waals surface area (Å²) in [5.41, 5.74) is 4.96. The Bertz CT molecular complexity index is 291. The number of rotatable bonds is 6. The normalized spacial score (nSPS) is 11.5. The lowest BCUT2D eigenvalue weighted by Gasteiger charge is -2.17. The Balaban J connectivity index is 4.23. The second-order valence-corrected chi connectivity index (χ2v) is 3.86. The third-order valence-corrected chi connectivity index (χ3v) is 2.12. The van der Waals surface area contributed by atoms with Crippen LogP contribution in [0.4, 0.5) is 4.79 Å². The Kier molecular flexibility index (Phi) is 6.69. The first-order valence-electron chi connectivity index (χ1n) is 5.42. The first-order valence-corrected chi connectivity index (χ1v) is 5.42. The molecular formula is C10H20N4O3. The molecule has 0 aromatic heterocycles. The molecule has 7 heteroatoms. The van der Waals surface area contributed by atoms with Crippen molar-refractivity contribution in [3.05, 3.63) is 0 Å². The van der Waals surface area contributed by atoms with Gasteiger partial charge in [0.1, 0.15) is 6.04 Å². The zero-order valence-corrected chi connectivity index (χ0v) is 10.4. The quantitative estimate of drug-likeness (QED) is 0.559. The highest BCUT2D eigenvalue weighted by Crippen LogP contribution is 1.96. The van der Waals surface area contributed by atoms with Crippen LogP contribution < -0.4 is 16.4 Å². The van der Waals surface area contributed by atoms with E-state index in [2.05, 4.69) is 10.6 Å². The third-order valence-electron chi connectivity index (χ3n) is 2.12. The van der Waals surface area contributed by atoms with Crippen LogP contribution in [0.15, 0.2) is 0 Å². The lowest BCUT2D eigenvalue weighted by molar-refractivity contribution is -0.131. The average Bonchev–Trinajstić information content (AvgIpc) is 2.23. The second-order valence-electron chi connectivity index (χ2n) is 3.86. The summed E-state index contributed by atoms with van der Waals surface area (Å²) >= 11 is 0. The largest absolute Gasteiger partial charge is 0.352 e. The van der Waals surface area contributed by atoms with Gasteiger partial charge in [0.25, 0.3) is 0 Å². The van der Waals surface area contributed by atoms with Crippen LogP contribution in [0.5, 0.6) is 0 Å². The number of nitrogens with two attached hydrogens (primary N) is 1. The predicted molar refractivity (Wildman–Crippen MR) is 63.1 cm³/mol. The van der Waals surface area contributed by atoms with Crippen LogP contribution in [0.2, 0.25) is 0 Å². The van der Waals surface area contributed by atoms with Gasteiger partial charge in [-0.3, -0.25) is 9.59 Å². The zero-order valence-electron chi connectivity index (χ0n) is 10.4. The Morgan fingerprint density at radius 1 is 1.29 bits per heavy atom. The van der Waals surface area contributed by atoms with Crippen molar-refractivity contribution in [1.82, 2.24) is 15.5 Å². The molecule has 4 N–H and O–H groups in total. The van der Waals surface area contributed by atoms with E-state index in [0.717, 1.165) is 6.42 Å². The van der Waals surface area contributed by atoms with E-state index in [-0.39, 0.29) is 12.5 Å². The lowest BCUT2D eigenvalue weighted by Crippen LogP contribution is -2.50. The van der Waals surface area contributed by atoms with E-state index in [1.54, 1.807) is 14.1 Å². The van der Waals surface area contributed by atoms with Gasteiger partial charge >= 0.3 is 6.03 Å². The molecule has 0 spiro atoms. The molecule has 0 rings (SSSR count). The number of amides is 4. The second kappa shape index (κ2) is 7.48. The molecule has 0 heterocycles. The van der Waals surface area contributed by atoms with E-state index in [0.29, 0.717) is 6.42 Å². The van der Waals surface area contributed by atoms with Crippen molar-refractivity contribution >= 4 is 17.8 Å². The maximum absolute atomic E-state index is 11.6. The van der Waals surface area contributed by atoms with E-state index in [9.17, 15) is 14.4 Å². The van der Waals surface area contributed by atoms with Gasteiger partial charge in [0.05, 0.1) is 6.54 Å². The summed E-state index contributed by atoms with van der Waals surface area (Å²) in [5.74, 6) is -0.617.